The van der Waals surface area contributed by atoms with Crippen LogP contribution in [0.15, 0.2) is 12.2 Å². The number of rotatable bonds is 8. The van der Waals surface area contributed by atoms with E-state index in [0.29, 0.717) is 35.5 Å². The number of ether oxygens (including phenoxy) is 2. The van der Waals surface area contributed by atoms with E-state index in [0.717, 1.165) is 50.7 Å². The molecule has 0 spiro atoms. The minimum atomic E-state index is -0.720. The summed E-state index contributed by atoms with van der Waals surface area (Å²) in [5.41, 5.74) is -0.593. The molecule has 6 heteroatoms. The summed E-state index contributed by atoms with van der Waals surface area (Å²) in [7, 11) is 0. The molecule has 8 saturated carbocycles. The second-order valence-electron chi connectivity index (χ2n) is 12.8. The lowest BCUT2D eigenvalue weighted by atomic mass is 9.48. The Morgan fingerprint density at radius 1 is 0.529 bits per heavy atom. The van der Waals surface area contributed by atoms with Crippen molar-refractivity contribution in [2.75, 3.05) is 13.2 Å². The summed E-state index contributed by atoms with van der Waals surface area (Å²) in [6, 6.07) is 0. The van der Waals surface area contributed by atoms with Gasteiger partial charge in [-0.2, -0.15) is 0 Å². The maximum Gasteiger partial charge on any atom is 0.331 e. The molecule has 0 heterocycles. The van der Waals surface area contributed by atoms with Crippen molar-refractivity contribution in [1.82, 2.24) is 0 Å². The van der Waals surface area contributed by atoms with Crippen LogP contribution < -0.4 is 0 Å². The van der Waals surface area contributed by atoms with Gasteiger partial charge in [0.15, 0.2) is 24.8 Å². The highest BCUT2D eigenvalue weighted by molar-refractivity contribution is 5.95. The molecule has 0 aromatic carbocycles. The Balaban J connectivity index is 0.956. The highest BCUT2D eigenvalue weighted by atomic mass is 16.5. The molecule has 8 aliphatic carbocycles. The molecule has 0 aromatic heterocycles. The van der Waals surface area contributed by atoms with Gasteiger partial charge in [-0.25, -0.2) is 9.59 Å². The van der Waals surface area contributed by atoms with E-state index >= 15 is 0 Å². The molecule has 6 nitrogen and oxygen atoms in total. The van der Waals surface area contributed by atoms with Gasteiger partial charge in [-0.15, -0.1) is 0 Å². The fourth-order valence-electron chi connectivity index (χ4n) is 9.72. The van der Waals surface area contributed by atoms with Crippen LogP contribution in [0.2, 0.25) is 0 Å². The molecule has 0 radical (unpaired) electrons. The fourth-order valence-corrected chi connectivity index (χ4v) is 9.72. The van der Waals surface area contributed by atoms with Gasteiger partial charge in [0, 0.05) is 23.0 Å². The van der Waals surface area contributed by atoms with E-state index in [2.05, 4.69) is 0 Å². The highest BCUT2D eigenvalue weighted by Gasteiger charge is 2.55. The number of carbonyl (C=O) groups is 4. The number of carbonyl (C=O) groups excluding carboxylic acids is 4. The number of ketones is 2. The molecule has 184 valence electrons. The SMILES string of the molecule is O=C(/C=C/C(=O)OCC(=O)C12CC3CC(CC(C3)C1)C2)OCC(=O)C12CC3CC(CC(C3)C1)C2. The molecular formula is C28H36O6. The van der Waals surface area contributed by atoms with E-state index < -0.39 is 11.9 Å². The van der Waals surface area contributed by atoms with E-state index in [1.165, 1.54) is 38.5 Å². The molecule has 0 amide bonds. The summed E-state index contributed by atoms with van der Waals surface area (Å²) < 4.78 is 10.4. The second kappa shape index (κ2) is 8.30. The Morgan fingerprint density at radius 3 is 1.06 bits per heavy atom. The summed E-state index contributed by atoms with van der Waals surface area (Å²) in [6.45, 7) is -0.455. The Kier molecular flexibility index (Phi) is 5.49. The average Bonchev–Trinajstić information content (AvgIpc) is 2.77. The topological polar surface area (TPSA) is 86.7 Å². The van der Waals surface area contributed by atoms with E-state index in [4.69, 9.17) is 9.47 Å². The molecule has 0 aromatic rings. The van der Waals surface area contributed by atoms with Crippen LogP contribution in [0.25, 0.3) is 0 Å². The Labute approximate surface area is 201 Å². The first kappa shape index (κ1) is 22.5. The summed E-state index contributed by atoms with van der Waals surface area (Å²) in [6.07, 6.45) is 15.2. The molecule has 8 aliphatic rings. The molecule has 34 heavy (non-hydrogen) atoms. The van der Waals surface area contributed by atoms with Crippen molar-refractivity contribution in [3.8, 4) is 0 Å². The van der Waals surface area contributed by atoms with Crippen LogP contribution >= 0.6 is 0 Å². The van der Waals surface area contributed by atoms with Gasteiger partial charge in [0.25, 0.3) is 0 Å². The standard InChI is InChI=1S/C28H36O6/c29-23(27-9-17-3-18(10-27)5-19(4-17)11-27)15-33-25(31)1-2-26(32)34-16-24(30)28-12-20-6-21(13-28)8-22(7-20)14-28/h1-2,17-22H,3-16H2/b2-1+. The molecule has 8 fully saturated rings. The fraction of sp³-hybridized carbons (Fsp3) is 0.786. The molecule has 8 bridgehead atoms. The zero-order valence-corrected chi connectivity index (χ0v) is 20.0. The van der Waals surface area contributed by atoms with Gasteiger partial charge in [-0.05, 0) is 113 Å². The van der Waals surface area contributed by atoms with Crippen LogP contribution in [0.5, 0.6) is 0 Å². The first-order valence-electron chi connectivity index (χ1n) is 13.4. The van der Waals surface area contributed by atoms with E-state index in [1.807, 2.05) is 0 Å². The van der Waals surface area contributed by atoms with Crippen LogP contribution in [-0.2, 0) is 28.7 Å². The van der Waals surface area contributed by atoms with Gasteiger partial charge in [-0.3, -0.25) is 9.59 Å². The Bertz CT molecular complexity index is 785. The smallest absolute Gasteiger partial charge is 0.331 e. The van der Waals surface area contributed by atoms with Crippen molar-refractivity contribution in [2.45, 2.75) is 77.0 Å². The summed E-state index contributed by atoms with van der Waals surface area (Å²) in [5, 5.41) is 0. The Hall–Kier alpha value is -1.98. The quantitative estimate of drug-likeness (QED) is 0.392. The molecule has 0 aliphatic heterocycles. The van der Waals surface area contributed by atoms with Crippen molar-refractivity contribution >= 4 is 23.5 Å². The first-order chi connectivity index (χ1) is 16.3. The van der Waals surface area contributed by atoms with Gasteiger partial charge in [-0.1, -0.05) is 0 Å². The van der Waals surface area contributed by atoms with Crippen molar-refractivity contribution in [3.05, 3.63) is 12.2 Å². The van der Waals surface area contributed by atoms with Crippen molar-refractivity contribution in [1.29, 1.82) is 0 Å². The third kappa shape index (κ3) is 4.05. The first-order valence-corrected chi connectivity index (χ1v) is 13.4. The maximum absolute atomic E-state index is 12.9. The van der Waals surface area contributed by atoms with Crippen LogP contribution in [-0.4, -0.2) is 36.7 Å². The van der Waals surface area contributed by atoms with Crippen LogP contribution in [0.1, 0.15) is 77.0 Å². The maximum atomic E-state index is 12.9. The lowest BCUT2D eigenvalue weighted by Gasteiger charge is -2.55. The van der Waals surface area contributed by atoms with E-state index in [1.54, 1.807) is 0 Å². The van der Waals surface area contributed by atoms with Gasteiger partial charge >= 0.3 is 11.9 Å². The number of hydrogen-bond donors (Lipinski definition) is 0. The lowest BCUT2D eigenvalue weighted by molar-refractivity contribution is -0.155. The van der Waals surface area contributed by atoms with E-state index in [9.17, 15) is 19.2 Å². The van der Waals surface area contributed by atoms with Crippen molar-refractivity contribution in [2.24, 2.45) is 46.3 Å². The molecule has 0 N–H and O–H groups in total. The third-order valence-corrected chi connectivity index (χ3v) is 10.3. The van der Waals surface area contributed by atoms with Crippen LogP contribution in [0, 0.1) is 46.3 Å². The molecule has 0 atom stereocenters. The highest BCUT2D eigenvalue weighted by Crippen LogP contribution is 2.61. The summed E-state index contributed by atoms with van der Waals surface area (Å²) in [5.74, 6) is 2.56. The molecule has 8 rings (SSSR count). The largest absolute Gasteiger partial charge is 0.454 e. The van der Waals surface area contributed by atoms with Crippen molar-refractivity contribution < 1.29 is 28.7 Å². The zero-order chi connectivity index (χ0) is 23.5. The summed E-state index contributed by atoms with van der Waals surface area (Å²) in [4.78, 5) is 50.1. The van der Waals surface area contributed by atoms with Gasteiger partial charge in [0.1, 0.15) is 0 Å². The predicted molar refractivity (Wildman–Crippen MR) is 122 cm³/mol. The normalized spacial score (nSPS) is 43.3. The second-order valence-corrected chi connectivity index (χ2v) is 12.8. The number of hydrogen-bond acceptors (Lipinski definition) is 6. The molecule has 0 saturated heterocycles. The van der Waals surface area contributed by atoms with E-state index in [-0.39, 0.29) is 35.6 Å². The van der Waals surface area contributed by atoms with Crippen molar-refractivity contribution in [3.63, 3.8) is 0 Å². The lowest BCUT2D eigenvalue weighted by Crippen LogP contribution is -2.51. The minimum absolute atomic E-state index is 0.0390. The van der Waals surface area contributed by atoms with Gasteiger partial charge < -0.3 is 9.47 Å². The van der Waals surface area contributed by atoms with Gasteiger partial charge in [0.2, 0.25) is 0 Å². The minimum Gasteiger partial charge on any atom is -0.454 e. The summed E-state index contributed by atoms with van der Waals surface area (Å²) >= 11 is 0. The monoisotopic (exact) mass is 468 g/mol. The predicted octanol–water partition coefficient (Wildman–Crippen LogP) is 4.20. The zero-order valence-electron chi connectivity index (χ0n) is 20.0. The molecular weight excluding hydrogens is 432 g/mol. The molecule has 0 unspecified atom stereocenters. The number of esters is 2. The van der Waals surface area contributed by atoms with Gasteiger partial charge in [0.05, 0.1) is 0 Å². The number of Topliss-reactive ketones (excluding diaryl/α,β-unsaturated/α-hetero) is 2. The van der Waals surface area contributed by atoms with Crippen LogP contribution in [0.3, 0.4) is 0 Å². The third-order valence-electron chi connectivity index (χ3n) is 10.3. The Morgan fingerprint density at radius 2 is 0.794 bits per heavy atom. The average molecular weight is 469 g/mol. The van der Waals surface area contributed by atoms with Crippen LogP contribution in [0.4, 0.5) is 0 Å².